The minimum atomic E-state index is -0.379. The van der Waals surface area contributed by atoms with Crippen molar-refractivity contribution in [2.24, 2.45) is 0 Å². The number of benzene rings is 2. The van der Waals surface area contributed by atoms with Gasteiger partial charge in [0.05, 0.1) is 0 Å². The summed E-state index contributed by atoms with van der Waals surface area (Å²) in [6.07, 6.45) is 0. The number of carbonyl (C=O) groups excluding carboxylic acids is 1. The molecule has 0 saturated heterocycles. The number of carbonyl (C=O) groups is 1. The van der Waals surface area contributed by atoms with E-state index in [1.807, 2.05) is 48.5 Å². The van der Waals surface area contributed by atoms with Crippen molar-refractivity contribution in [2.75, 3.05) is 13.2 Å². The summed E-state index contributed by atoms with van der Waals surface area (Å²) in [5.74, 6) is 0.362. The van der Waals surface area contributed by atoms with E-state index in [-0.39, 0.29) is 12.6 Å². The van der Waals surface area contributed by atoms with E-state index in [1.54, 1.807) is 6.07 Å². The molecule has 0 aliphatic heterocycles. The molecule has 0 radical (unpaired) electrons. The van der Waals surface area contributed by atoms with E-state index in [2.05, 4.69) is 20.9 Å². The lowest BCUT2D eigenvalue weighted by atomic mass is 10.2. The highest BCUT2D eigenvalue weighted by molar-refractivity contribution is 9.10. The fourth-order valence-corrected chi connectivity index (χ4v) is 2.35. The van der Waals surface area contributed by atoms with E-state index in [0.29, 0.717) is 12.3 Å². The van der Waals surface area contributed by atoms with Crippen LogP contribution in [0.2, 0.25) is 0 Å². The molecule has 0 spiro atoms. The highest BCUT2D eigenvalue weighted by atomic mass is 79.9. The van der Waals surface area contributed by atoms with E-state index in [4.69, 9.17) is 9.47 Å². The summed E-state index contributed by atoms with van der Waals surface area (Å²) >= 11 is 3.36. The van der Waals surface area contributed by atoms with Gasteiger partial charge < -0.3 is 14.5 Å². The zero-order valence-electron chi connectivity index (χ0n) is 11.7. The van der Waals surface area contributed by atoms with Gasteiger partial charge in [-0.25, -0.2) is 4.79 Å². The molecule has 112 valence electrons. The molecule has 1 N–H and O–H groups in total. The number of fused-ring (bicyclic) bond motifs is 1. The van der Waals surface area contributed by atoms with Crippen molar-refractivity contribution < 1.29 is 14.3 Å². The van der Waals surface area contributed by atoms with Crippen LogP contribution in [0.3, 0.4) is 0 Å². The minimum absolute atomic E-state index is 0.199. The first-order chi connectivity index (χ1) is 10.7. The molecular weight excluding hydrogens is 346 g/mol. The average Bonchev–Trinajstić information content (AvgIpc) is 2.97. The Hall–Kier alpha value is -2.27. The van der Waals surface area contributed by atoms with Crippen molar-refractivity contribution in [1.82, 2.24) is 4.98 Å². The van der Waals surface area contributed by atoms with Gasteiger partial charge in [0, 0.05) is 15.4 Å². The molecule has 5 heteroatoms. The standard InChI is InChI=1S/C17H14BrNO3/c18-13-5-7-14(8-6-13)21-9-10-22-17(20)16-11-12-3-1-2-4-15(12)19-16/h1-8,11,19H,9-10H2. The lowest BCUT2D eigenvalue weighted by molar-refractivity contribution is 0.0445. The van der Waals surface area contributed by atoms with Gasteiger partial charge in [-0.2, -0.15) is 0 Å². The zero-order chi connectivity index (χ0) is 15.4. The maximum atomic E-state index is 12.0. The number of para-hydroxylation sites is 1. The topological polar surface area (TPSA) is 51.3 Å². The van der Waals surface area contributed by atoms with E-state index in [9.17, 15) is 4.79 Å². The predicted molar refractivity (Wildman–Crippen MR) is 88.2 cm³/mol. The number of nitrogens with one attached hydrogen (secondary N) is 1. The van der Waals surface area contributed by atoms with Crippen LogP contribution in [0, 0.1) is 0 Å². The van der Waals surface area contributed by atoms with Gasteiger partial charge in [-0.05, 0) is 36.4 Å². The number of hydrogen-bond acceptors (Lipinski definition) is 3. The Bertz CT molecular complexity index is 747. The van der Waals surface area contributed by atoms with E-state index in [0.717, 1.165) is 21.1 Å². The van der Waals surface area contributed by atoms with Crippen molar-refractivity contribution in [1.29, 1.82) is 0 Å². The third-order valence-electron chi connectivity index (χ3n) is 3.15. The van der Waals surface area contributed by atoms with Gasteiger partial charge in [-0.1, -0.05) is 34.1 Å². The highest BCUT2D eigenvalue weighted by Gasteiger charge is 2.10. The molecule has 1 aromatic heterocycles. The Balaban J connectivity index is 1.50. The summed E-state index contributed by atoms with van der Waals surface area (Å²) in [5.41, 5.74) is 1.37. The highest BCUT2D eigenvalue weighted by Crippen LogP contribution is 2.17. The minimum Gasteiger partial charge on any atom is -0.490 e. The van der Waals surface area contributed by atoms with Crippen LogP contribution in [0.25, 0.3) is 10.9 Å². The summed E-state index contributed by atoms with van der Waals surface area (Å²) < 4.78 is 11.7. The third kappa shape index (κ3) is 3.49. The number of ether oxygens (including phenoxy) is 2. The number of H-pyrrole nitrogens is 1. The molecule has 0 fully saturated rings. The van der Waals surface area contributed by atoms with Gasteiger partial charge in [0.1, 0.15) is 24.7 Å². The van der Waals surface area contributed by atoms with Gasteiger partial charge in [0.25, 0.3) is 0 Å². The first-order valence-electron chi connectivity index (χ1n) is 6.85. The molecule has 3 aromatic rings. The number of rotatable bonds is 5. The van der Waals surface area contributed by atoms with Crippen LogP contribution < -0.4 is 4.74 Å². The van der Waals surface area contributed by atoms with Crippen LogP contribution >= 0.6 is 15.9 Å². The third-order valence-corrected chi connectivity index (χ3v) is 3.68. The van der Waals surface area contributed by atoms with Gasteiger partial charge in [-0.15, -0.1) is 0 Å². The molecular formula is C17H14BrNO3. The lowest BCUT2D eigenvalue weighted by Gasteiger charge is -2.06. The Morgan fingerprint density at radius 3 is 2.59 bits per heavy atom. The van der Waals surface area contributed by atoms with Gasteiger partial charge in [0.15, 0.2) is 0 Å². The van der Waals surface area contributed by atoms with Gasteiger partial charge >= 0.3 is 5.97 Å². The fourth-order valence-electron chi connectivity index (χ4n) is 2.09. The van der Waals surface area contributed by atoms with Crippen LogP contribution in [0.15, 0.2) is 59.1 Å². The molecule has 0 aliphatic rings. The summed E-state index contributed by atoms with van der Waals surface area (Å²) in [6.45, 7) is 0.512. The monoisotopic (exact) mass is 359 g/mol. The van der Waals surface area contributed by atoms with Gasteiger partial charge in [0.2, 0.25) is 0 Å². The Morgan fingerprint density at radius 2 is 1.82 bits per heavy atom. The molecule has 3 rings (SSSR count). The van der Waals surface area contributed by atoms with Crippen molar-refractivity contribution >= 4 is 32.8 Å². The number of aromatic amines is 1. The van der Waals surface area contributed by atoms with Crippen LogP contribution in [-0.4, -0.2) is 24.2 Å². The molecule has 0 amide bonds. The largest absolute Gasteiger partial charge is 0.490 e. The summed E-state index contributed by atoms with van der Waals surface area (Å²) in [5, 5.41) is 0.987. The second kappa shape index (κ2) is 6.66. The predicted octanol–water partition coefficient (Wildman–Crippen LogP) is 4.17. The average molecular weight is 360 g/mol. The first kappa shape index (κ1) is 14.7. The van der Waals surface area contributed by atoms with Crippen molar-refractivity contribution in [3.8, 4) is 5.75 Å². The number of halogens is 1. The van der Waals surface area contributed by atoms with E-state index >= 15 is 0 Å². The van der Waals surface area contributed by atoms with Crippen LogP contribution in [0.4, 0.5) is 0 Å². The normalized spacial score (nSPS) is 10.6. The Morgan fingerprint density at radius 1 is 1.05 bits per heavy atom. The summed E-state index contributed by atoms with van der Waals surface area (Å²) in [7, 11) is 0. The number of hydrogen-bond donors (Lipinski definition) is 1. The van der Waals surface area contributed by atoms with E-state index < -0.39 is 0 Å². The van der Waals surface area contributed by atoms with Crippen molar-refractivity contribution in [2.45, 2.75) is 0 Å². The molecule has 0 saturated carbocycles. The van der Waals surface area contributed by atoms with Crippen molar-refractivity contribution in [3.63, 3.8) is 0 Å². The van der Waals surface area contributed by atoms with Gasteiger partial charge in [-0.3, -0.25) is 0 Å². The fraction of sp³-hybridized carbons (Fsp3) is 0.118. The molecule has 1 heterocycles. The molecule has 22 heavy (non-hydrogen) atoms. The molecule has 0 atom stereocenters. The maximum absolute atomic E-state index is 12.0. The van der Waals surface area contributed by atoms with Crippen molar-refractivity contribution in [3.05, 3.63) is 64.8 Å². The second-order valence-corrected chi connectivity index (χ2v) is 5.62. The zero-order valence-corrected chi connectivity index (χ0v) is 13.3. The Kier molecular flexibility index (Phi) is 4.44. The summed E-state index contributed by atoms with van der Waals surface area (Å²) in [6, 6.07) is 17.0. The molecule has 4 nitrogen and oxygen atoms in total. The lowest BCUT2D eigenvalue weighted by Crippen LogP contribution is -2.12. The smallest absolute Gasteiger partial charge is 0.354 e. The number of esters is 1. The SMILES string of the molecule is O=C(OCCOc1ccc(Br)cc1)c1cc2ccccc2[nH]1. The van der Waals surface area contributed by atoms with E-state index in [1.165, 1.54) is 0 Å². The van der Waals surface area contributed by atoms with Crippen LogP contribution in [0.5, 0.6) is 5.75 Å². The molecule has 0 unspecified atom stereocenters. The quantitative estimate of drug-likeness (QED) is 0.549. The summed E-state index contributed by atoms with van der Waals surface area (Å²) in [4.78, 5) is 15.0. The first-order valence-corrected chi connectivity index (χ1v) is 7.65. The van der Waals surface area contributed by atoms with Crippen LogP contribution in [0.1, 0.15) is 10.5 Å². The molecule has 0 aliphatic carbocycles. The number of aromatic nitrogens is 1. The van der Waals surface area contributed by atoms with Crippen LogP contribution in [-0.2, 0) is 4.74 Å². The second-order valence-electron chi connectivity index (χ2n) is 4.71. The molecule has 2 aromatic carbocycles. The maximum Gasteiger partial charge on any atom is 0.354 e. The molecule has 0 bridgehead atoms. The Labute approximate surface area is 136 Å².